The maximum absolute atomic E-state index is 11.9. The minimum Gasteiger partial charge on any atom is -0.497 e. The van der Waals surface area contributed by atoms with Gasteiger partial charge in [0.1, 0.15) is 16.6 Å². The summed E-state index contributed by atoms with van der Waals surface area (Å²) in [6, 6.07) is 10.3. The first-order valence-corrected chi connectivity index (χ1v) is 9.19. The van der Waals surface area contributed by atoms with Gasteiger partial charge in [0.25, 0.3) is 0 Å². The van der Waals surface area contributed by atoms with Gasteiger partial charge in [-0.15, -0.1) is 11.3 Å². The fraction of sp³-hybridized carbons (Fsp3) is 0.267. The van der Waals surface area contributed by atoms with Crippen molar-refractivity contribution >= 4 is 27.3 Å². The van der Waals surface area contributed by atoms with Crippen LogP contribution in [-0.2, 0) is 26.2 Å². The highest BCUT2D eigenvalue weighted by Gasteiger charge is 2.15. The molecule has 124 valence electrons. The van der Waals surface area contributed by atoms with Gasteiger partial charge < -0.3 is 9.47 Å². The summed E-state index contributed by atoms with van der Waals surface area (Å²) in [6.07, 6.45) is -0.0332. The highest BCUT2D eigenvalue weighted by molar-refractivity contribution is 7.91. The largest absolute Gasteiger partial charge is 0.497 e. The van der Waals surface area contributed by atoms with E-state index in [0.29, 0.717) is 5.75 Å². The zero-order valence-electron chi connectivity index (χ0n) is 12.5. The van der Waals surface area contributed by atoms with Crippen molar-refractivity contribution in [1.82, 2.24) is 4.72 Å². The first kappa shape index (κ1) is 17.5. The van der Waals surface area contributed by atoms with Crippen LogP contribution in [0.3, 0.4) is 0 Å². The van der Waals surface area contributed by atoms with Gasteiger partial charge in [-0.05, 0) is 29.1 Å². The van der Waals surface area contributed by atoms with Crippen molar-refractivity contribution in [2.75, 3.05) is 13.7 Å². The first-order chi connectivity index (χ1) is 11.0. The van der Waals surface area contributed by atoms with Gasteiger partial charge in [-0.3, -0.25) is 4.79 Å². The zero-order chi connectivity index (χ0) is 16.7. The van der Waals surface area contributed by atoms with Crippen molar-refractivity contribution in [3.8, 4) is 5.75 Å². The molecule has 0 spiro atoms. The molecular formula is C15H17NO5S2. The van der Waals surface area contributed by atoms with Crippen LogP contribution in [-0.4, -0.2) is 28.0 Å². The number of sulfonamides is 1. The van der Waals surface area contributed by atoms with E-state index in [1.54, 1.807) is 36.8 Å². The van der Waals surface area contributed by atoms with Gasteiger partial charge in [0.2, 0.25) is 10.0 Å². The van der Waals surface area contributed by atoms with E-state index in [9.17, 15) is 13.2 Å². The number of nitrogens with one attached hydrogen (secondary N) is 1. The molecule has 0 saturated carbocycles. The van der Waals surface area contributed by atoms with Crippen molar-refractivity contribution in [3.63, 3.8) is 0 Å². The van der Waals surface area contributed by atoms with Crippen molar-refractivity contribution in [1.29, 1.82) is 0 Å². The van der Waals surface area contributed by atoms with Crippen LogP contribution in [0.1, 0.15) is 12.0 Å². The average Bonchev–Trinajstić information content (AvgIpc) is 3.08. The van der Waals surface area contributed by atoms with Gasteiger partial charge in [0, 0.05) is 6.54 Å². The predicted molar refractivity (Wildman–Crippen MR) is 86.9 cm³/mol. The van der Waals surface area contributed by atoms with Crippen LogP contribution in [0.5, 0.6) is 5.75 Å². The molecule has 0 bridgehead atoms. The van der Waals surface area contributed by atoms with Crippen LogP contribution in [0.4, 0.5) is 0 Å². The summed E-state index contributed by atoms with van der Waals surface area (Å²) in [5.41, 5.74) is 0.803. The number of hydrogen-bond donors (Lipinski definition) is 1. The smallest absolute Gasteiger partial charge is 0.307 e. The highest BCUT2D eigenvalue weighted by Crippen LogP contribution is 2.15. The number of esters is 1. The maximum Gasteiger partial charge on any atom is 0.307 e. The summed E-state index contributed by atoms with van der Waals surface area (Å²) in [7, 11) is -1.98. The summed E-state index contributed by atoms with van der Waals surface area (Å²) >= 11 is 1.12. The van der Waals surface area contributed by atoms with E-state index in [0.717, 1.165) is 16.9 Å². The lowest BCUT2D eigenvalue weighted by atomic mass is 10.2. The lowest BCUT2D eigenvalue weighted by Crippen LogP contribution is -2.26. The number of methoxy groups -OCH3 is 1. The predicted octanol–water partition coefficient (Wildman–Crippen LogP) is 2.17. The van der Waals surface area contributed by atoms with E-state index >= 15 is 0 Å². The maximum atomic E-state index is 11.9. The van der Waals surface area contributed by atoms with E-state index < -0.39 is 16.0 Å². The Hall–Kier alpha value is -1.90. The molecular weight excluding hydrogens is 338 g/mol. The summed E-state index contributed by atoms with van der Waals surface area (Å²) in [5, 5.41) is 1.68. The molecule has 1 heterocycles. The molecule has 2 rings (SSSR count). The van der Waals surface area contributed by atoms with Crippen LogP contribution < -0.4 is 9.46 Å². The molecule has 0 radical (unpaired) electrons. The van der Waals surface area contributed by atoms with Crippen LogP contribution in [0, 0.1) is 0 Å². The van der Waals surface area contributed by atoms with Crippen molar-refractivity contribution < 1.29 is 22.7 Å². The molecule has 1 aromatic carbocycles. The topological polar surface area (TPSA) is 81.7 Å². The van der Waals surface area contributed by atoms with E-state index in [4.69, 9.17) is 9.47 Å². The number of rotatable bonds is 8. The number of thiophene rings is 1. The fourth-order valence-electron chi connectivity index (χ4n) is 1.77. The number of benzene rings is 1. The summed E-state index contributed by atoms with van der Waals surface area (Å²) in [5.74, 6) is 0.212. The third kappa shape index (κ3) is 5.34. The molecule has 0 aliphatic heterocycles. The van der Waals surface area contributed by atoms with E-state index in [1.807, 2.05) is 6.07 Å². The van der Waals surface area contributed by atoms with Crippen LogP contribution in [0.25, 0.3) is 0 Å². The second-order valence-electron chi connectivity index (χ2n) is 4.59. The molecule has 2 aromatic rings. The van der Waals surface area contributed by atoms with Gasteiger partial charge in [-0.25, -0.2) is 13.1 Å². The molecule has 0 aliphatic carbocycles. The van der Waals surface area contributed by atoms with Gasteiger partial charge in [0.15, 0.2) is 0 Å². The Bertz CT molecular complexity index is 741. The molecule has 0 unspecified atom stereocenters. The van der Waals surface area contributed by atoms with E-state index in [1.165, 1.54) is 6.07 Å². The second-order valence-corrected chi connectivity index (χ2v) is 7.53. The lowest BCUT2D eigenvalue weighted by molar-refractivity contribution is -0.144. The Labute approximate surface area is 139 Å². The standard InChI is InChI=1S/C15H17NO5S2/c1-20-13-5-2-4-12(10-13)11-21-14(17)7-8-16-23(18,19)15-6-3-9-22-15/h2-6,9-10,16H,7-8,11H2,1H3. The molecule has 1 N–H and O–H groups in total. The Balaban J connectivity index is 1.75. The minimum absolute atomic E-state index is 0.00280. The van der Waals surface area contributed by atoms with Gasteiger partial charge in [-0.1, -0.05) is 18.2 Å². The van der Waals surface area contributed by atoms with Gasteiger partial charge in [0.05, 0.1) is 13.5 Å². The monoisotopic (exact) mass is 355 g/mol. The molecule has 0 fully saturated rings. The number of ether oxygens (including phenoxy) is 2. The zero-order valence-corrected chi connectivity index (χ0v) is 14.2. The third-order valence-electron chi connectivity index (χ3n) is 2.92. The quantitative estimate of drug-likeness (QED) is 0.734. The van der Waals surface area contributed by atoms with Crippen LogP contribution in [0.15, 0.2) is 46.0 Å². The summed E-state index contributed by atoms with van der Waals surface area (Å²) < 4.78 is 36.5. The molecule has 6 nitrogen and oxygen atoms in total. The second kappa shape index (κ2) is 8.09. The van der Waals surface area contributed by atoms with Crippen LogP contribution in [0.2, 0.25) is 0 Å². The normalized spacial score (nSPS) is 11.2. The fourth-order valence-corrected chi connectivity index (χ4v) is 3.84. The Morgan fingerprint density at radius 2 is 2.09 bits per heavy atom. The molecule has 8 heteroatoms. The van der Waals surface area contributed by atoms with Crippen molar-refractivity contribution in [2.45, 2.75) is 17.2 Å². The van der Waals surface area contributed by atoms with Gasteiger partial charge >= 0.3 is 5.97 Å². The molecule has 23 heavy (non-hydrogen) atoms. The molecule has 0 atom stereocenters. The third-order valence-corrected chi connectivity index (χ3v) is 5.77. The Morgan fingerprint density at radius 3 is 2.78 bits per heavy atom. The Morgan fingerprint density at radius 1 is 1.26 bits per heavy atom. The van der Waals surface area contributed by atoms with Crippen LogP contribution >= 0.6 is 11.3 Å². The minimum atomic E-state index is -3.54. The van der Waals surface area contributed by atoms with Gasteiger partial charge in [-0.2, -0.15) is 0 Å². The van der Waals surface area contributed by atoms with E-state index in [2.05, 4.69) is 4.72 Å². The Kier molecular flexibility index (Phi) is 6.14. The summed E-state index contributed by atoms with van der Waals surface area (Å²) in [6.45, 7) is 0.116. The number of hydrogen-bond acceptors (Lipinski definition) is 6. The average molecular weight is 355 g/mol. The SMILES string of the molecule is COc1cccc(COC(=O)CCNS(=O)(=O)c2cccs2)c1. The molecule has 0 aliphatic rings. The molecule has 1 aromatic heterocycles. The molecule has 0 amide bonds. The first-order valence-electron chi connectivity index (χ1n) is 6.83. The lowest BCUT2D eigenvalue weighted by Gasteiger charge is -2.07. The number of carbonyl (C=O) groups excluding carboxylic acids is 1. The highest BCUT2D eigenvalue weighted by atomic mass is 32.2. The van der Waals surface area contributed by atoms with Crippen molar-refractivity contribution in [2.24, 2.45) is 0 Å². The van der Waals surface area contributed by atoms with E-state index in [-0.39, 0.29) is 23.8 Å². The number of carbonyl (C=O) groups is 1. The summed E-state index contributed by atoms with van der Waals surface area (Å²) in [4.78, 5) is 11.7. The molecule has 0 saturated heterocycles. The van der Waals surface area contributed by atoms with Crippen molar-refractivity contribution in [3.05, 3.63) is 47.3 Å².